The van der Waals surface area contributed by atoms with Gasteiger partial charge in [0.2, 0.25) is 0 Å². The van der Waals surface area contributed by atoms with Gasteiger partial charge in [0.1, 0.15) is 0 Å². The van der Waals surface area contributed by atoms with E-state index >= 15 is 0 Å². The molecule has 0 amide bonds. The second kappa shape index (κ2) is 7.07. The Morgan fingerprint density at radius 1 is 1.38 bits per heavy atom. The highest BCUT2D eigenvalue weighted by Gasteiger charge is 2.26. The molecule has 1 saturated carbocycles. The van der Waals surface area contributed by atoms with E-state index in [1.54, 1.807) is 7.11 Å². The normalized spacial score (nSPS) is 22.2. The topological polar surface area (TPSA) is 37.4 Å². The first-order chi connectivity index (χ1) is 10.3. The lowest BCUT2D eigenvalue weighted by Gasteiger charge is -2.14. The highest BCUT2D eigenvalue weighted by atomic mass is 32.1. The largest absolute Gasteiger partial charge is 0.384 e. The third-order valence-corrected chi connectivity index (χ3v) is 5.50. The molecule has 2 fully saturated rings. The Labute approximate surface area is 131 Å². The standard InChI is InChI=1S/C16H27N3OS/c1-3-4-14-15(9-17-13-5-6-13)21-16(18-14)19-8-7-12(10-19)11-20-2/h12-13,17H,3-11H2,1-2H3. The summed E-state index contributed by atoms with van der Waals surface area (Å²) in [5, 5.41) is 4.86. The van der Waals surface area contributed by atoms with E-state index in [0.717, 1.165) is 38.7 Å². The van der Waals surface area contributed by atoms with Gasteiger partial charge in [-0.15, -0.1) is 11.3 Å². The van der Waals surface area contributed by atoms with Crippen LogP contribution in [0.1, 0.15) is 43.2 Å². The first kappa shape index (κ1) is 15.3. The monoisotopic (exact) mass is 309 g/mol. The molecule has 118 valence electrons. The zero-order valence-corrected chi connectivity index (χ0v) is 14.0. The zero-order valence-electron chi connectivity index (χ0n) is 13.2. The van der Waals surface area contributed by atoms with Crippen LogP contribution in [0.3, 0.4) is 0 Å². The molecule has 21 heavy (non-hydrogen) atoms. The van der Waals surface area contributed by atoms with Gasteiger partial charge in [0.05, 0.1) is 12.3 Å². The Kier molecular flexibility index (Phi) is 5.14. The summed E-state index contributed by atoms with van der Waals surface area (Å²) < 4.78 is 5.30. The summed E-state index contributed by atoms with van der Waals surface area (Å²) in [7, 11) is 1.80. The van der Waals surface area contributed by atoms with Gasteiger partial charge >= 0.3 is 0 Å². The van der Waals surface area contributed by atoms with Crippen molar-refractivity contribution in [2.45, 2.75) is 51.6 Å². The molecular weight excluding hydrogens is 282 g/mol. The Hall–Kier alpha value is -0.650. The van der Waals surface area contributed by atoms with Crippen LogP contribution in [-0.2, 0) is 17.7 Å². The maximum atomic E-state index is 5.30. The van der Waals surface area contributed by atoms with E-state index in [0.29, 0.717) is 5.92 Å². The highest BCUT2D eigenvalue weighted by molar-refractivity contribution is 7.15. The maximum Gasteiger partial charge on any atom is 0.185 e. The van der Waals surface area contributed by atoms with Gasteiger partial charge in [-0.1, -0.05) is 13.3 Å². The molecule has 1 aromatic heterocycles. The van der Waals surface area contributed by atoms with Crippen LogP contribution < -0.4 is 10.2 Å². The third kappa shape index (κ3) is 3.96. The van der Waals surface area contributed by atoms with Crippen LogP contribution in [0.4, 0.5) is 5.13 Å². The molecule has 3 rings (SSSR count). The Morgan fingerprint density at radius 2 is 2.24 bits per heavy atom. The molecule has 1 aliphatic heterocycles. The Balaban J connectivity index is 1.65. The molecule has 0 bridgehead atoms. The van der Waals surface area contributed by atoms with Crippen LogP contribution in [0, 0.1) is 5.92 Å². The fourth-order valence-corrected chi connectivity index (χ4v) is 4.07. The summed E-state index contributed by atoms with van der Waals surface area (Å²) in [6.07, 6.45) is 6.20. The van der Waals surface area contributed by atoms with E-state index < -0.39 is 0 Å². The SMILES string of the molecule is CCCc1nc(N2CCC(COC)C2)sc1CNC1CC1. The van der Waals surface area contributed by atoms with Gasteiger partial charge < -0.3 is 15.0 Å². The number of thiazole rings is 1. The number of anilines is 1. The fraction of sp³-hybridized carbons (Fsp3) is 0.812. The van der Waals surface area contributed by atoms with Crippen LogP contribution in [-0.4, -0.2) is 37.8 Å². The molecule has 1 saturated heterocycles. The van der Waals surface area contributed by atoms with Crippen molar-refractivity contribution in [1.82, 2.24) is 10.3 Å². The number of aryl methyl sites for hydroxylation is 1. The van der Waals surface area contributed by atoms with Crippen molar-refractivity contribution in [3.05, 3.63) is 10.6 Å². The van der Waals surface area contributed by atoms with Crippen molar-refractivity contribution in [1.29, 1.82) is 0 Å². The predicted octanol–water partition coefficient (Wildman–Crippen LogP) is 2.82. The molecule has 1 atom stereocenters. The molecule has 1 aliphatic carbocycles. The summed E-state index contributed by atoms with van der Waals surface area (Å²) in [4.78, 5) is 8.84. The van der Waals surface area contributed by atoms with Gasteiger partial charge in [-0.05, 0) is 25.7 Å². The molecule has 2 heterocycles. The van der Waals surface area contributed by atoms with Crippen LogP contribution in [0.25, 0.3) is 0 Å². The molecule has 1 N–H and O–H groups in total. The molecule has 0 aromatic carbocycles. The average Bonchev–Trinajstić information content (AvgIpc) is 3.04. The summed E-state index contributed by atoms with van der Waals surface area (Å²) in [5.41, 5.74) is 1.32. The number of rotatable bonds is 8. The van der Waals surface area contributed by atoms with Crippen LogP contribution in [0.5, 0.6) is 0 Å². The molecule has 0 spiro atoms. The molecule has 1 aromatic rings. The van der Waals surface area contributed by atoms with Crippen LogP contribution >= 0.6 is 11.3 Å². The summed E-state index contributed by atoms with van der Waals surface area (Å²) in [5.74, 6) is 0.668. The minimum Gasteiger partial charge on any atom is -0.384 e. The van der Waals surface area contributed by atoms with E-state index in [1.165, 1.54) is 41.4 Å². The zero-order chi connectivity index (χ0) is 14.7. The van der Waals surface area contributed by atoms with Crippen LogP contribution in [0.15, 0.2) is 0 Å². The second-order valence-electron chi connectivity index (χ2n) is 6.33. The lowest BCUT2D eigenvalue weighted by Crippen LogP contribution is -2.20. The second-order valence-corrected chi connectivity index (χ2v) is 7.39. The van der Waals surface area contributed by atoms with Gasteiger partial charge in [0.15, 0.2) is 5.13 Å². The fourth-order valence-electron chi connectivity index (χ4n) is 2.98. The number of hydrogen-bond donors (Lipinski definition) is 1. The minimum absolute atomic E-state index is 0.668. The van der Waals surface area contributed by atoms with Crippen molar-refractivity contribution in [3.63, 3.8) is 0 Å². The molecular formula is C16H27N3OS. The van der Waals surface area contributed by atoms with Gasteiger partial charge in [0.25, 0.3) is 0 Å². The summed E-state index contributed by atoms with van der Waals surface area (Å²) >= 11 is 1.90. The number of nitrogens with zero attached hydrogens (tertiary/aromatic N) is 2. The number of methoxy groups -OCH3 is 1. The van der Waals surface area contributed by atoms with Gasteiger partial charge in [-0.2, -0.15) is 0 Å². The highest BCUT2D eigenvalue weighted by Crippen LogP contribution is 2.32. The predicted molar refractivity (Wildman–Crippen MR) is 88.2 cm³/mol. The van der Waals surface area contributed by atoms with E-state index in [2.05, 4.69) is 17.1 Å². The minimum atomic E-state index is 0.668. The van der Waals surface area contributed by atoms with Gasteiger partial charge in [-0.3, -0.25) is 0 Å². The average molecular weight is 309 g/mol. The quantitative estimate of drug-likeness (QED) is 0.801. The van der Waals surface area contributed by atoms with Gasteiger partial charge in [0, 0.05) is 43.6 Å². The van der Waals surface area contributed by atoms with E-state index in [1.807, 2.05) is 11.3 Å². The third-order valence-electron chi connectivity index (χ3n) is 4.34. The van der Waals surface area contributed by atoms with Crippen LogP contribution in [0.2, 0.25) is 0 Å². The molecule has 5 heteroatoms. The van der Waals surface area contributed by atoms with E-state index in [4.69, 9.17) is 9.72 Å². The number of hydrogen-bond acceptors (Lipinski definition) is 5. The lowest BCUT2D eigenvalue weighted by molar-refractivity contribution is 0.161. The van der Waals surface area contributed by atoms with Crippen molar-refractivity contribution < 1.29 is 4.74 Å². The van der Waals surface area contributed by atoms with E-state index in [-0.39, 0.29) is 0 Å². The Morgan fingerprint density at radius 3 is 2.95 bits per heavy atom. The van der Waals surface area contributed by atoms with Crippen molar-refractivity contribution in [3.8, 4) is 0 Å². The summed E-state index contributed by atoms with van der Waals surface area (Å²) in [6.45, 7) is 6.35. The Bertz CT molecular complexity index is 458. The summed E-state index contributed by atoms with van der Waals surface area (Å²) in [6, 6.07) is 0.767. The van der Waals surface area contributed by atoms with E-state index in [9.17, 15) is 0 Å². The first-order valence-electron chi connectivity index (χ1n) is 8.26. The first-order valence-corrected chi connectivity index (χ1v) is 9.07. The lowest BCUT2D eigenvalue weighted by atomic mass is 10.1. The molecule has 1 unspecified atom stereocenters. The number of nitrogens with one attached hydrogen (secondary N) is 1. The maximum absolute atomic E-state index is 5.30. The van der Waals surface area contributed by atoms with Crippen molar-refractivity contribution in [2.24, 2.45) is 5.92 Å². The smallest absolute Gasteiger partial charge is 0.185 e. The van der Waals surface area contributed by atoms with Crippen molar-refractivity contribution >= 4 is 16.5 Å². The van der Waals surface area contributed by atoms with Gasteiger partial charge in [-0.25, -0.2) is 4.98 Å². The molecule has 2 aliphatic rings. The number of aromatic nitrogens is 1. The molecule has 4 nitrogen and oxygen atoms in total. The number of ether oxygens (including phenoxy) is 1. The molecule has 0 radical (unpaired) electrons. The van der Waals surface area contributed by atoms with Crippen molar-refractivity contribution in [2.75, 3.05) is 31.7 Å².